The van der Waals surface area contributed by atoms with Crippen molar-refractivity contribution in [3.63, 3.8) is 0 Å². The van der Waals surface area contributed by atoms with Gasteiger partial charge in [0.05, 0.1) is 10.6 Å². The predicted octanol–water partition coefficient (Wildman–Crippen LogP) is 3.28. The number of halogens is 1. The maximum absolute atomic E-state index is 10.0. The molecule has 86 valence electrons. The minimum Gasteiger partial charge on any atom is -0.488 e. The Labute approximate surface area is 101 Å². The van der Waals surface area contributed by atoms with Crippen molar-refractivity contribution >= 4 is 11.6 Å². The third-order valence-electron chi connectivity index (χ3n) is 2.66. The molecule has 0 saturated heterocycles. The fourth-order valence-corrected chi connectivity index (χ4v) is 1.93. The van der Waals surface area contributed by atoms with Gasteiger partial charge in [-0.05, 0) is 31.4 Å². The molecular formula is C13H15ClO2. The lowest BCUT2D eigenvalue weighted by atomic mass is 10.1. The third kappa shape index (κ3) is 2.23. The van der Waals surface area contributed by atoms with Gasteiger partial charge in [-0.2, -0.15) is 0 Å². The molecule has 0 atom stereocenters. The molecule has 1 aliphatic carbocycles. The van der Waals surface area contributed by atoms with Gasteiger partial charge in [0.2, 0.25) is 0 Å². The summed E-state index contributed by atoms with van der Waals surface area (Å²) < 4.78 is 5.52. The van der Waals surface area contributed by atoms with Crippen LogP contribution >= 0.6 is 11.6 Å². The molecule has 0 aromatic heterocycles. The number of rotatable bonds is 4. The molecule has 1 saturated carbocycles. The molecule has 0 amide bonds. The average molecular weight is 239 g/mol. The summed E-state index contributed by atoms with van der Waals surface area (Å²) in [5.41, 5.74) is 0.986. The molecule has 2 rings (SSSR count). The van der Waals surface area contributed by atoms with Crippen molar-refractivity contribution in [3.05, 3.63) is 40.9 Å². The second-order valence-corrected chi connectivity index (χ2v) is 4.77. The fraction of sp³-hybridized carbons (Fsp3) is 0.385. The standard InChI is InChI=1S/C13H15ClO2/c1-9(2)8-16-11-5-3-4-10(12(11)14)13(15)6-7-13/h3-5,15H,1,6-8H2,2H3. The highest BCUT2D eigenvalue weighted by Crippen LogP contribution is 2.49. The van der Waals surface area contributed by atoms with Crippen molar-refractivity contribution in [3.8, 4) is 5.75 Å². The highest BCUT2D eigenvalue weighted by molar-refractivity contribution is 6.33. The van der Waals surface area contributed by atoms with Gasteiger partial charge in [0.1, 0.15) is 12.4 Å². The Balaban J connectivity index is 2.23. The van der Waals surface area contributed by atoms with Gasteiger partial charge in [-0.3, -0.25) is 0 Å². The maximum Gasteiger partial charge on any atom is 0.138 e. The van der Waals surface area contributed by atoms with E-state index in [0.717, 1.165) is 24.0 Å². The van der Waals surface area contributed by atoms with Crippen LogP contribution in [0.4, 0.5) is 0 Å². The van der Waals surface area contributed by atoms with Crippen LogP contribution in [0.2, 0.25) is 5.02 Å². The Morgan fingerprint density at radius 3 is 2.81 bits per heavy atom. The van der Waals surface area contributed by atoms with E-state index in [0.29, 0.717) is 17.4 Å². The van der Waals surface area contributed by atoms with Crippen LogP contribution in [-0.2, 0) is 5.60 Å². The van der Waals surface area contributed by atoms with E-state index in [4.69, 9.17) is 16.3 Å². The van der Waals surface area contributed by atoms with E-state index in [-0.39, 0.29) is 0 Å². The summed E-state index contributed by atoms with van der Waals surface area (Å²) in [4.78, 5) is 0. The smallest absolute Gasteiger partial charge is 0.138 e. The van der Waals surface area contributed by atoms with Crippen LogP contribution < -0.4 is 4.74 Å². The van der Waals surface area contributed by atoms with Gasteiger partial charge in [-0.15, -0.1) is 0 Å². The van der Waals surface area contributed by atoms with Crippen LogP contribution in [0.3, 0.4) is 0 Å². The minimum absolute atomic E-state index is 0.446. The van der Waals surface area contributed by atoms with Gasteiger partial charge in [0.25, 0.3) is 0 Å². The minimum atomic E-state index is -0.723. The summed E-state index contributed by atoms with van der Waals surface area (Å²) in [6, 6.07) is 5.51. The highest BCUT2D eigenvalue weighted by Gasteiger charge is 2.44. The summed E-state index contributed by atoms with van der Waals surface area (Å²) in [5.74, 6) is 0.613. The van der Waals surface area contributed by atoms with E-state index < -0.39 is 5.60 Å². The van der Waals surface area contributed by atoms with E-state index in [1.807, 2.05) is 19.1 Å². The molecule has 0 unspecified atom stereocenters. The average Bonchev–Trinajstić information content (AvgIpc) is 2.96. The largest absolute Gasteiger partial charge is 0.488 e. The lowest BCUT2D eigenvalue weighted by molar-refractivity contribution is 0.151. The van der Waals surface area contributed by atoms with Crippen molar-refractivity contribution in [1.82, 2.24) is 0 Å². The van der Waals surface area contributed by atoms with E-state index in [9.17, 15) is 5.11 Å². The lowest BCUT2D eigenvalue weighted by Gasteiger charge is -2.14. The van der Waals surface area contributed by atoms with Crippen molar-refractivity contribution < 1.29 is 9.84 Å². The maximum atomic E-state index is 10.0. The van der Waals surface area contributed by atoms with Gasteiger partial charge < -0.3 is 9.84 Å². The summed E-state index contributed by atoms with van der Waals surface area (Å²) in [7, 11) is 0. The monoisotopic (exact) mass is 238 g/mol. The Hall–Kier alpha value is -0.990. The van der Waals surface area contributed by atoms with Gasteiger partial charge in [-0.25, -0.2) is 0 Å². The summed E-state index contributed by atoms with van der Waals surface area (Å²) >= 11 is 6.20. The first kappa shape index (κ1) is 11.5. The number of aliphatic hydroxyl groups is 1. The second kappa shape index (κ2) is 4.11. The van der Waals surface area contributed by atoms with Gasteiger partial charge in [0.15, 0.2) is 0 Å². The summed E-state index contributed by atoms with van der Waals surface area (Å²) in [5, 5.41) is 10.5. The van der Waals surface area contributed by atoms with E-state index in [2.05, 4.69) is 6.58 Å². The molecule has 3 heteroatoms. The highest BCUT2D eigenvalue weighted by atomic mass is 35.5. The summed E-state index contributed by atoms with van der Waals surface area (Å²) in [6.07, 6.45) is 1.55. The van der Waals surface area contributed by atoms with Gasteiger partial charge in [-0.1, -0.05) is 30.3 Å². The van der Waals surface area contributed by atoms with Crippen molar-refractivity contribution in [2.75, 3.05) is 6.61 Å². The Morgan fingerprint density at radius 1 is 1.56 bits per heavy atom. The first-order valence-electron chi connectivity index (χ1n) is 5.31. The van der Waals surface area contributed by atoms with E-state index in [1.165, 1.54) is 0 Å². The van der Waals surface area contributed by atoms with Crippen molar-refractivity contribution in [2.24, 2.45) is 0 Å². The molecule has 0 spiro atoms. The van der Waals surface area contributed by atoms with Crippen LogP contribution in [0.1, 0.15) is 25.3 Å². The molecular weight excluding hydrogens is 224 g/mol. The van der Waals surface area contributed by atoms with Gasteiger partial charge >= 0.3 is 0 Å². The molecule has 1 fully saturated rings. The van der Waals surface area contributed by atoms with Crippen molar-refractivity contribution in [1.29, 1.82) is 0 Å². The number of hydrogen-bond acceptors (Lipinski definition) is 2. The van der Waals surface area contributed by atoms with E-state index in [1.54, 1.807) is 6.07 Å². The third-order valence-corrected chi connectivity index (χ3v) is 3.05. The zero-order valence-corrected chi connectivity index (χ0v) is 10.0. The molecule has 1 aromatic rings. The molecule has 0 radical (unpaired) electrons. The lowest BCUT2D eigenvalue weighted by Crippen LogP contribution is -2.06. The summed E-state index contributed by atoms with van der Waals surface area (Å²) in [6.45, 7) is 6.11. The molecule has 0 aliphatic heterocycles. The fourth-order valence-electron chi connectivity index (χ4n) is 1.57. The van der Waals surface area contributed by atoms with Crippen LogP contribution in [0.5, 0.6) is 5.75 Å². The molecule has 0 bridgehead atoms. The Kier molecular flexibility index (Phi) is 2.96. The van der Waals surface area contributed by atoms with Crippen LogP contribution in [0.15, 0.2) is 30.4 Å². The van der Waals surface area contributed by atoms with Gasteiger partial charge in [0, 0.05) is 5.56 Å². The normalized spacial score (nSPS) is 16.9. The molecule has 16 heavy (non-hydrogen) atoms. The Bertz CT molecular complexity index is 422. The zero-order valence-electron chi connectivity index (χ0n) is 9.29. The first-order valence-corrected chi connectivity index (χ1v) is 5.69. The molecule has 1 aliphatic rings. The number of benzene rings is 1. The second-order valence-electron chi connectivity index (χ2n) is 4.40. The first-order chi connectivity index (χ1) is 7.53. The molecule has 1 N–H and O–H groups in total. The SMILES string of the molecule is C=C(C)COc1cccc(C2(O)CC2)c1Cl. The predicted molar refractivity (Wildman–Crippen MR) is 64.9 cm³/mol. The number of ether oxygens (including phenoxy) is 1. The number of hydrogen-bond donors (Lipinski definition) is 1. The molecule has 0 heterocycles. The topological polar surface area (TPSA) is 29.5 Å². The molecule has 2 nitrogen and oxygen atoms in total. The zero-order chi connectivity index (χ0) is 11.8. The van der Waals surface area contributed by atoms with Crippen molar-refractivity contribution in [2.45, 2.75) is 25.4 Å². The van der Waals surface area contributed by atoms with Crippen LogP contribution in [0, 0.1) is 0 Å². The molecule has 1 aromatic carbocycles. The van der Waals surface area contributed by atoms with E-state index >= 15 is 0 Å². The quantitative estimate of drug-likeness (QED) is 0.816. The van der Waals surface area contributed by atoms with Crippen LogP contribution in [0.25, 0.3) is 0 Å². The Morgan fingerprint density at radius 2 is 2.25 bits per heavy atom. The van der Waals surface area contributed by atoms with Crippen LogP contribution in [-0.4, -0.2) is 11.7 Å².